The summed E-state index contributed by atoms with van der Waals surface area (Å²) < 4.78 is 32.5. The zero-order chi connectivity index (χ0) is 18.6. The molecule has 0 aliphatic carbocycles. The summed E-state index contributed by atoms with van der Waals surface area (Å²) in [5, 5.41) is 12.3. The van der Waals surface area contributed by atoms with Gasteiger partial charge in [0, 0.05) is 18.7 Å². The first-order valence-corrected chi connectivity index (χ1v) is 9.75. The molecule has 0 bridgehead atoms. The summed E-state index contributed by atoms with van der Waals surface area (Å²) in [6.45, 7) is 0.894. The Kier molecular flexibility index (Phi) is 5.55. The minimum absolute atomic E-state index is 0.0432. The average molecular weight is 376 g/mol. The fraction of sp³-hybridized carbons (Fsp3) is 0.278. The predicted molar refractivity (Wildman–Crippen MR) is 96.7 cm³/mol. The Morgan fingerprint density at radius 3 is 2.54 bits per heavy atom. The molecule has 3 N–H and O–H groups in total. The summed E-state index contributed by atoms with van der Waals surface area (Å²) in [4.78, 5) is 12.3. The van der Waals surface area contributed by atoms with E-state index in [1.165, 1.54) is 30.3 Å². The monoisotopic (exact) mass is 376 g/mol. The van der Waals surface area contributed by atoms with Gasteiger partial charge in [-0.3, -0.25) is 4.79 Å². The molecule has 0 radical (unpaired) electrons. The van der Waals surface area contributed by atoms with E-state index in [4.69, 9.17) is 4.74 Å². The van der Waals surface area contributed by atoms with Crippen LogP contribution in [0.15, 0.2) is 53.4 Å². The van der Waals surface area contributed by atoms with Gasteiger partial charge >= 0.3 is 0 Å². The van der Waals surface area contributed by atoms with E-state index in [0.29, 0.717) is 6.61 Å². The van der Waals surface area contributed by atoms with Crippen molar-refractivity contribution in [1.82, 2.24) is 4.72 Å². The van der Waals surface area contributed by atoms with Gasteiger partial charge in [-0.15, -0.1) is 0 Å². The second-order valence-electron chi connectivity index (χ2n) is 5.98. The zero-order valence-electron chi connectivity index (χ0n) is 14.0. The maximum absolute atomic E-state index is 12.3. The molecule has 1 fully saturated rings. The Bertz CT molecular complexity index is 875. The average Bonchev–Trinajstić information content (AvgIpc) is 3.16. The van der Waals surface area contributed by atoms with Crippen LogP contribution in [-0.4, -0.2) is 38.7 Å². The van der Waals surface area contributed by atoms with Crippen LogP contribution in [0, 0.1) is 0 Å². The third-order valence-corrected chi connectivity index (χ3v) is 5.54. The number of carbonyl (C=O) groups excluding carboxylic acids is 1. The SMILES string of the molecule is O=C(Nc1ccccc1O)c1ccc(S(=O)(=O)NC[C@@H]2CCCO2)cc1. The van der Waals surface area contributed by atoms with E-state index >= 15 is 0 Å². The summed E-state index contributed by atoms with van der Waals surface area (Å²) in [5.74, 6) is -0.485. The molecule has 1 atom stereocenters. The summed E-state index contributed by atoms with van der Waals surface area (Å²) in [5.41, 5.74) is 0.568. The molecule has 2 aromatic carbocycles. The second kappa shape index (κ2) is 7.86. The number of para-hydroxylation sites is 2. The highest BCUT2D eigenvalue weighted by atomic mass is 32.2. The largest absolute Gasteiger partial charge is 0.506 e. The van der Waals surface area contributed by atoms with Crippen molar-refractivity contribution in [2.45, 2.75) is 23.8 Å². The lowest BCUT2D eigenvalue weighted by molar-refractivity contribution is 0.102. The molecule has 7 nitrogen and oxygen atoms in total. The number of hydrogen-bond acceptors (Lipinski definition) is 5. The first-order valence-electron chi connectivity index (χ1n) is 8.26. The van der Waals surface area contributed by atoms with Crippen molar-refractivity contribution in [1.29, 1.82) is 0 Å². The molecule has 138 valence electrons. The Hall–Kier alpha value is -2.42. The Labute approximate surface area is 152 Å². The minimum Gasteiger partial charge on any atom is -0.506 e. The number of carbonyl (C=O) groups is 1. The van der Waals surface area contributed by atoms with Gasteiger partial charge in [0.15, 0.2) is 0 Å². The molecule has 8 heteroatoms. The number of amides is 1. The Morgan fingerprint density at radius 1 is 1.15 bits per heavy atom. The number of sulfonamides is 1. The number of anilines is 1. The van der Waals surface area contributed by atoms with Gasteiger partial charge < -0.3 is 15.2 Å². The van der Waals surface area contributed by atoms with Gasteiger partial charge in [-0.2, -0.15) is 0 Å². The van der Waals surface area contributed by atoms with E-state index in [-0.39, 0.29) is 34.5 Å². The molecule has 1 amide bonds. The van der Waals surface area contributed by atoms with Crippen molar-refractivity contribution >= 4 is 21.6 Å². The Morgan fingerprint density at radius 2 is 1.88 bits per heavy atom. The number of nitrogens with one attached hydrogen (secondary N) is 2. The van der Waals surface area contributed by atoms with Gasteiger partial charge in [0.25, 0.3) is 5.91 Å². The number of phenols is 1. The van der Waals surface area contributed by atoms with Crippen molar-refractivity contribution in [2.24, 2.45) is 0 Å². The quantitative estimate of drug-likeness (QED) is 0.670. The molecule has 1 aliphatic rings. The van der Waals surface area contributed by atoms with Crippen LogP contribution in [0.3, 0.4) is 0 Å². The highest BCUT2D eigenvalue weighted by Gasteiger charge is 2.20. The van der Waals surface area contributed by atoms with Crippen LogP contribution >= 0.6 is 0 Å². The standard InChI is InChI=1S/C18H20N2O5S/c21-17-6-2-1-5-16(17)20-18(22)13-7-9-15(10-8-13)26(23,24)19-12-14-4-3-11-25-14/h1-2,5-10,14,19,21H,3-4,11-12H2,(H,20,22)/t14-/m0/s1. The van der Waals surface area contributed by atoms with Crippen molar-refractivity contribution in [3.8, 4) is 5.75 Å². The highest BCUT2D eigenvalue weighted by molar-refractivity contribution is 7.89. The fourth-order valence-electron chi connectivity index (χ4n) is 2.65. The van der Waals surface area contributed by atoms with E-state index in [9.17, 15) is 18.3 Å². The van der Waals surface area contributed by atoms with Crippen LogP contribution < -0.4 is 10.0 Å². The highest BCUT2D eigenvalue weighted by Crippen LogP contribution is 2.22. The molecule has 0 aromatic heterocycles. The molecule has 1 aliphatic heterocycles. The van der Waals surface area contributed by atoms with Crippen LogP contribution in [0.25, 0.3) is 0 Å². The third-order valence-electron chi connectivity index (χ3n) is 4.10. The van der Waals surface area contributed by atoms with Crippen LogP contribution in [0.2, 0.25) is 0 Å². The van der Waals surface area contributed by atoms with Crippen LogP contribution in [0.1, 0.15) is 23.2 Å². The van der Waals surface area contributed by atoms with E-state index < -0.39 is 15.9 Å². The maximum atomic E-state index is 12.3. The number of aromatic hydroxyl groups is 1. The lowest BCUT2D eigenvalue weighted by atomic mass is 10.2. The molecule has 0 unspecified atom stereocenters. The number of benzene rings is 2. The van der Waals surface area contributed by atoms with E-state index in [1.54, 1.807) is 18.2 Å². The zero-order valence-corrected chi connectivity index (χ0v) is 14.8. The molecule has 26 heavy (non-hydrogen) atoms. The molecule has 0 spiro atoms. The minimum atomic E-state index is -3.66. The first-order chi connectivity index (χ1) is 12.5. The molecular weight excluding hydrogens is 356 g/mol. The number of phenolic OH excluding ortho intramolecular Hbond substituents is 1. The second-order valence-corrected chi connectivity index (χ2v) is 7.75. The van der Waals surface area contributed by atoms with Crippen LogP contribution in [-0.2, 0) is 14.8 Å². The summed E-state index contributed by atoms with van der Waals surface area (Å²) in [6, 6.07) is 12.0. The molecule has 2 aromatic rings. The van der Waals surface area contributed by atoms with E-state index in [0.717, 1.165) is 12.8 Å². The normalized spacial score (nSPS) is 17.2. The lowest BCUT2D eigenvalue weighted by Gasteiger charge is -2.12. The van der Waals surface area contributed by atoms with E-state index in [2.05, 4.69) is 10.0 Å². The van der Waals surface area contributed by atoms with Gasteiger partial charge in [0.2, 0.25) is 10.0 Å². The Balaban J connectivity index is 1.65. The lowest BCUT2D eigenvalue weighted by Crippen LogP contribution is -2.31. The van der Waals surface area contributed by atoms with E-state index in [1.807, 2.05) is 0 Å². The summed E-state index contributed by atoms with van der Waals surface area (Å²) >= 11 is 0. The van der Waals surface area contributed by atoms with Gasteiger partial charge in [0.05, 0.1) is 16.7 Å². The summed E-state index contributed by atoms with van der Waals surface area (Å²) in [7, 11) is -3.66. The maximum Gasteiger partial charge on any atom is 0.255 e. The molecular formula is C18H20N2O5S. The van der Waals surface area contributed by atoms with Gasteiger partial charge in [-0.05, 0) is 49.2 Å². The number of rotatable bonds is 6. The van der Waals surface area contributed by atoms with Crippen molar-refractivity contribution in [2.75, 3.05) is 18.5 Å². The predicted octanol–water partition coefficient (Wildman–Crippen LogP) is 2.10. The van der Waals surface area contributed by atoms with Crippen molar-refractivity contribution in [3.05, 3.63) is 54.1 Å². The van der Waals surface area contributed by atoms with Gasteiger partial charge in [-0.25, -0.2) is 13.1 Å². The molecule has 0 saturated carbocycles. The molecule has 1 heterocycles. The summed E-state index contributed by atoms with van der Waals surface area (Å²) in [6.07, 6.45) is 1.69. The third kappa shape index (κ3) is 4.40. The first kappa shape index (κ1) is 18.4. The smallest absolute Gasteiger partial charge is 0.255 e. The number of ether oxygens (including phenoxy) is 1. The van der Waals surface area contributed by atoms with Crippen molar-refractivity contribution in [3.63, 3.8) is 0 Å². The van der Waals surface area contributed by atoms with Gasteiger partial charge in [-0.1, -0.05) is 12.1 Å². The van der Waals surface area contributed by atoms with Crippen molar-refractivity contribution < 1.29 is 23.1 Å². The topological polar surface area (TPSA) is 105 Å². The molecule has 1 saturated heterocycles. The number of hydrogen-bond donors (Lipinski definition) is 3. The fourth-order valence-corrected chi connectivity index (χ4v) is 3.72. The van der Waals surface area contributed by atoms with Crippen LogP contribution in [0.5, 0.6) is 5.75 Å². The van der Waals surface area contributed by atoms with Gasteiger partial charge in [0.1, 0.15) is 5.75 Å². The van der Waals surface area contributed by atoms with Crippen LogP contribution in [0.4, 0.5) is 5.69 Å². The molecule has 3 rings (SSSR count).